The summed E-state index contributed by atoms with van der Waals surface area (Å²) in [6.45, 7) is 0. The molecule has 0 fully saturated rings. The van der Waals surface area contributed by atoms with Gasteiger partial charge in [0.25, 0.3) is 5.56 Å². The lowest BCUT2D eigenvalue weighted by molar-refractivity contribution is 1.28. The molecule has 0 radical (unpaired) electrons. The number of H-pyrrole nitrogens is 1. The Morgan fingerprint density at radius 3 is 2.77 bits per heavy atom. The van der Waals surface area contributed by atoms with Gasteiger partial charge in [0.1, 0.15) is 0 Å². The minimum Gasteiger partial charge on any atom is -0.329 e. The van der Waals surface area contributed by atoms with Crippen molar-refractivity contribution in [3.63, 3.8) is 0 Å². The molecule has 2 rings (SSSR count). The van der Waals surface area contributed by atoms with Gasteiger partial charge in [0.05, 0.1) is 10.4 Å². The second-order valence-electron chi connectivity index (χ2n) is 2.66. The van der Waals surface area contributed by atoms with E-state index in [0.717, 1.165) is 5.39 Å². The summed E-state index contributed by atoms with van der Waals surface area (Å²) in [5.74, 6) is 0. The van der Waals surface area contributed by atoms with Crippen LogP contribution in [-0.2, 0) is 0 Å². The van der Waals surface area contributed by atoms with Gasteiger partial charge in [-0.25, -0.2) is 0 Å². The van der Waals surface area contributed by atoms with Gasteiger partial charge in [0.2, 0.25) is 0 Å². The Morgan fingerprint density at radius 1 is 1.23 bits per heavy atom. The van der Waals surface area contributed by atoms with Crippen LogP contribution in [0.1, 0.15) is 0 Å². The standard InChI is InChI=1S/C9H5Cl2NO/c10-6-3-5-1-2-12-9(13)8(5)7(11)4-6/h1-4H,(H,12,13). The van der Waals surface area contributed by atoms with Crippen molar-refractivity contribution < 1.29 is 0 Å². The third kappa shape index (κ3) is 1.43. The number of hydrogen-bond acceptors (Lipinski definition) is 1. The molecule has 0 saturated carbocycles. The summed E-state index contributed by atoms with van der Waals surface area (Å²) in [7, 11) is 0. The average molecular weight is 214 g/mol. The molecule has 0 bridgehead atoms. The lowest BCUT2D eigenvalue weighted by Crippen LogP contribution is -2.04. The molecule has 1 heterocycles. The summed E-state index contributed by atoms with van der Waals surface area (Å²) in [6.07, 6.45) is 1.57. The third-order valence-electron chi connectivity index (χ3n) is 1.79. The fraction of sp³-hybridized carbons (Fsp3) is 0. The number of fused-ring (bicyclic) bond motifs is 1. The minimum absolute atomic E-state index is 0.195. The molecule has 0 saturated heterocycles. The maximum absolute atomic E-state index is 11.3. The number of aromatic nitrogens is 1. The van der Waals surface area contributed by atoms with Crippen molar-refractivity contribution in [2.45, 2.75) is 0 Å². The molecular formula is C9H5Cl2NO. The quantitative estimate of drug-likeness (QED) is 0.718. The Balaban J connectivity index is 3.03. The van der Waals surface area contributed by atoms with Gasteiger partial charge in [-0.1, -0.05) is 23.2 Å². The first kappa shape index (κ1) is 8.60. The van der Waals surface area contributed by atoms with E-state index in [0.29, 0.717) is 15.4 Å². The van der Waals surface area contributed by atoms with Crippen LogP contribution in [0.25, 0.3) is 10.8 Å². The summed E-state index contributed by atoms with van der Waals surface area (Å²) in [5.41, 5.74) is -0.195. The zero-order chi connectivity index (χ0) is 9.42. The van der Waals surface area contributed by atoms with E-state index in [-0.39, 0.29) is 5.56 Å². The van der Waals surface area contributed by atoms with E-state index in [1.807, 2.05) is 0 Å². The molecule has 0 amide bonds. The van der Waals surface area contributed by atoms with Gasteiger partial charge in [-0.15, -0.1) is 0 Å². The second-order valence-corrected chi connectivity index (χ2v) is 3.50. The highest BCUT2D eigenvalue weighted by Gasteiger charge is 2.03. The number of halogens is 2. The Labute approximate surface area is 84.1 Å². The van der Waals surface area contributed by atoms with E-state index in [9.17, 15) is 4.79 Å². The molecule has 1 aromatic heterocycles. The average Bonchev–Trinajstić information content (AvgIpc) is 2.02. The monoisotopic (exact) mass is 213 g/mol. The number of pyridine rings is 1. The van der Waals surface area contributed by atoms with Crippen LogP contribution in [0.15, 0.2) is 29.2 Å². The first-order valence-corrected chi connectivity index (χ1v) is 4.40. The summed E-state index contributed by atoms with van der Waals surface area (Å²) >= 11 is 11.6. The Kier molecular flexibility index (Phi) is 2.02. The summed E-state index contributed by atoms with van der Waals surface area (Å²) in [4.78, 5) is 13.9. The van der Waals surface area contributed by atoms with Gasteiger partial charge in [0.15, 0.2) is 0 Å². The topological polar surface area (TPSA) is 32.9 Å². The summed E-state index contributed by atoms with van der Waals surface area (Å²) in [5, 5.41) is 2.14. The number of hydrogen-bond donors (Lipinski definition) is 1. The predicted octanol–water partition coefficient (Wildman–Crippen LogP) is 2.83. The number of aromatic amines is 1. The molecule has 2 nitrogen and oxygen atoms in total. The molecule has 0 spiro atoms. The van der Waals surface area contributed by atoms with Gasteiger partial charge in [-0.3, -0.25) is 4.79 Å². The van der Waals surface area contributed by atoms with Crippen molar-refractivity contribution in [2.24, 2.45) is 0 Å². The SMILES string of the molecule is O=c1[nH]ccc2cc(Cl)cc(Cl)c12. The lowest BCUT2D eigenvalue weighted by atomic mass is 10.2. The van der Waals surface area contributed by atoms with Gasteiger partial charge in [0, 0.05) is 11.2 Å². The largest absolute Gasteiger partial charge is 0.329 e. The number of benzene rings is 1. The first-order valence-electron chi connectivity index (χ1n) is 3.65. The maximum atomic E-state index is 11.3. The van der Waals surface area contributed by atoms with E-state index in [1.54, 1.807) is 24.4 Å². The summed E-state index contributed by atoms with van der Waals surface area (Å²) in [6, 6.07) is 5.02. The van der Waals surface area contributed by atoms with Crippen molar-refractivity contribution in [1.29, 1.82) is 0 Å². The molecule has 1 N–H and O–H groups in total. The van der Waals surface area contributed by atoms with Crippen LogP contribution in [-0.4, -0.2) is 4.98 Å². The van der Waals surface area contributed by atoms with Gasteiger partial charge >= 0.3 is 0 Å². The van der Waals surface area contributed by atoms with Crippen molar-refractivity contribution in [1.82, 2.24) is 4.98 Å². The van der Waals surface area contributed by atoms with E-state index in [1.165, 1.54) is 0 Å². The lowest BCUT2D eigenvalue weighted by Gasteiger charge is -1.99. The van der Waals surface area contributed by atoms with Gasteiger partial charge in [-0.2, -0.15) is 0 Å². The van der Waals surface area contributed by atoms with Crippen LogP contribution in [0.5, 0.6) is 0 Å². The molecule has 0 unspecified atom stereocenters. The second kappa shape index (κ2) is 3.05. The zero-order valence-electron chi connectivity index (χ0n) is 6.47. The van der Waals surface area contributed by atoms with Crippen LogP contribution in [0.2, 0.25) is 10.0 Å². The van der Waals surface area contributed by atoms with E-state index in [4.69, 9.17) is 23.2 Å². The molecule has 2 aromatic rings. The third-order valence-corrected chi connectivity index (χ3v) is 2.31. The highest BCUT2D eigenvalue weighted by molar-refractivity contribution is 6.38. The fourth-order valence-electron chi connectivity index (χ4n) is 1.24. The normalized spacial score (nSPS) is 10.6. The minimum atomic E-state index is -0.195. The van der Waals surface area contributed by atoms with Crippen LogP contribution in [0, 0.1) is 0 Å². The van der Waals surface area contributed by atoms with Crippen molar-refractivity contribution in [2.75, 3.05) is 0 Å². The highest BCUT2D eigenvalue weighted by Crippen LogP contribution is 2.24. The molecule has 66 valence electrons. The Hall–Kier alpha value is -0.990. The molecular weight excluding hydrogens is 209 g/mol. The van der Waals surface area contributed by atoms with Crippen LogP contribution >= 0.6 is 23.2 Å². The van der Waals surface area contributed by atoms with Crippen LogP contribution in [0.4, 0.5) is 0 Å². The molecule has 0 aliphatic carbocycles. The fourth-order valence-corrected chi connectivity index (χ4v) is 1.84. The molecule has 1 aromatic carbocycles. The number of nitrogens with one attached hydrogen (secondary N) is 1. The first-order chi connectivity index (χ1) is 6.18. The number of rotatable bonds is 0. The molecule has 4 heteroatoms. The van der Waals surface area contributed by atoms with Crippen LogP contribution in [0.3, 0.4) is 0 Å². The smallest absolute Gasteiger partial charge is 0.257 e. The van der Waals surface area contributed by atoms with E-state index in [2.05, 4.69) is 4.98 Å². The summed E-state index contributed by atoms with van der Waals surface area (Å²) < 4.78 is 0. The van der Waals surface area contributed by atoms with Gasteiger partial charge in [-0.05, 0) is 23.6 Å². The molecule has 0 aliphatic rings. The van der Waals surface area contributed by atoms with Crippen molar-refractivity contribution >= 4 is 34.0 Å². The van der Waals surface area contributed by atoms with Crippen molar-refractivity contribution in [3.05, 3.63) is 44.8 Å². The zero-order valence-corrected chi connectivity index (χ0v) is 7.99. The maximum Gasteiger partial charge on any atom is 0.257 e. The predicted molar refractivity (Wildman–Crippen MR) is 54.6 cm³/mol. The van der Waals surface area contributed by atoms with E-state index >= 15 is 0 Å². The molecule has 13 heavy (non-hydrogen) atoms. The molecule has 0 atom stereocenters. The Bertz CT molecular complexity index is 518. The van der Waals surface area contributed by atoms with Crippen LogP contribution < -0.4 is 5.56 Å². The van der Waals surface area contributed by atoms with E-state index < -0.39 is 0 Å². The van der Waals surface area contributed by atoms with Gasteiger partial charge < -0.3 is 4.98 Å². The van der Waals surface area contributed by atoms with Crippen molar-refractivity contribution in [3.8, 4) is 0 Å². The molecule has 0 aliphatic heterocycles. The Morgan fingerprint density at radius 2 is 2.00 bits per heavy atom. The highest BCUT2D eigenvalue weighted by atomic mass is 35.5.